The fourth-order valence-corrected chi connectivity index (χ4v) is 3.05. The Morgan fingerprint density at radius 2 is 2.17 bits per heavy atom. The largest absolute Gasteiger partial charge is 0.378 e. The van der Waals surface area contributed by atoms with Crippen LogP contribution >= 0.6 is 0 Å². The molecule has 2 amide bonds. The molecule has 1 aliphatic rings. The van der Waals surface area contributed by atoms with Gasteiger partial charge in [0.25, 0.3) is 0 Å². The van der Waals surface area contributed by atoms with Crippen LogP contribution in [-0.2, 0) is 4.74 Å². The molecule has 0 radical (unpaired) electrons. The maximum absolute atomic E-state index is 12.1. The highest BCUT2D eigenvalue weighted by atomic mass is 16.5. The van der Waals surface area contributed by atoms with E-state index in [-0.39, 0.29) is 12.1 Å². The summed E-state index contributed by atoms with van der Waals surface area (Å²) in [4.78, 5) is 12.1. The Hall–Kier alpha value is -2.41. The van der Waals surface area contributed by atoms with Crippen molar-refractivity contribution in [2.75, 3.05) is 18.5 Å². The van der Waals surface area contributed by atoms with Crippen LogP contribution in [0.15, 0.2) is 36.7 Å². The molecular formula is C17H23N5O2. The molecule has 0 spiro atoms. The first-order valence-corrected chi connectivity index (χ1v) is 8.26. The molecule has 0 unspecified atom stereocenters. The van der Waals surface area contributed by atoms with Gasteiger partial charge in [0.15, 0.2) is 0 Å². The van der Waals surface area contributed by atoms with E-state index in [1.807, 2.05) is 24.3 Å². The smallest absolute Gasteiger partial charge is 0.319 e. The number of hydrogen-bond donors (Lipinski definition) is 2. The predicted molar refractivity (Wildman–Crippen MR) is 91.1 cm³/mol. The van der Waals surface area contributed by atoms with Gasteiger partial charge in [-0.2, -0.15) is 0 Å². The van der Waals surface area contributed by atoms with Gasteiger partial charge in [0, 0.05) is 24.8 Å². The normalized spacial score (nSPS) is 20.3. The monoisotopic (exact) mass is 329 g/mol. The first-order valence-electron chi connectivity index (χ1n) is 8.26. The third-order valence-electron chi connectivity index (χ3n) is 4.26. The van der Waals surface area contributed by atoms with Gasteiger partial charge in [0.05, 0.1) is 24.2 Å². The van der Waals surface area contributed by atoms with Crippen LogP contribution in [-0.4, -0.2) is 40.3 Å². The number of carbonyl (C=O) groups is 1. The van der Waals surface area contributed by atoms with Crippen LogP contribution in [0.5, 0.6) is 0 Å². The van der Waals surface area contributed by atoms with Gasteiger partial charge in [-0.05, 0) is 36.6 Å². The van der Waals surface area contributed by atoms with Gasteiger partial charge in [-0.15, -0.1) is 5.10 Å². The molecule has 7 nitrogen and oxygen atoms in total. The topological polar surface area (TPSA) is 81.1 Å². The summed E-state index contributed by atoms with van der Waals surface area (Å²) in [6.07, 6.45) is 4.61. The van der Waals surface area contributed by atoms with E-state index in [0.717, 1.165) is 24.4 Å². The van der Waals surface area contributed by atoms with Crippen LogP contribution in [0.2, 0.25) is 0 Å². The predicted octanol–water partition coefficient (Wildman–Crippen LogP) is 2.45. The fourth-order valence-electron chi connectivity index (χ4n) is 3.05. The van der Waals surface area contributed by atoms with Crippen molar-refractivity contribution in [2.24, 2.45) is 11.8 Å². The first-order chi connectivity index (χ1) is 11.6. The highest BCUT2D eigenvalue weighted by Gasteiger charge is 2.30. The molecule has 24 heavy (non-hydrogen) atoms. The maximum atomic E-state index is 12.1. The van der Waals surface area contributed by atoms with Gasteiger partial charge < -0.3 is 15.4 Å². The first kappa shape index (κ1) is 16.4. The lowest BCUT2D eigenvalue weighted by molar-refractivity contribution is 0.0546. The molecule has 7 heteroatoms. The van der Waals surface area contributed by atoms with Crippen LogP contribution in [0.25, 0.3) is 5.69 Å². The third kappa shape index (κ3) is 3.91. The van der Waals surface area contributed by atoms with E-state index in [1.165, 1.54) is 0 Å². The lowest BCUT2D eigenvalue weighted by Gasteiger charge is -2.22. The molecule has 3 rings (SSSR count). The Morgan fingerprint density at radius 1 is 1.38 bits per heavy atom. The van der Waals surface area contributed by atoms with Crippen molar-refractivity contribution in [1.29, 1.82) is 0 Å². The highest BCUT2D eigenvalue weighted by molar-refractivity contribution is 5.89. The van der Waals surface area contributed by atoms with Crippen molar-refractivity contribution in [3.05, 3.63) is 36.7 Å². The molecule has 2 heterocycles. The Morgan fingerprint density at radius 3 is 2.83 bits per heavy atom. The minimum Gasteiger partial charge on any atom is -0.378 e. The Kier molecular flexibility index (Phi) is 5.10. The Balaban J connectivity index is 1.50. The van der Waals surface area contributed by atoms with Crippen molar-refractivity contribution in [1.82, 2.24) is 20.3 Å². The van der Waals surface area contributed by atoms with Crippen molar-refractivity contribution in [3.63, 3.8) is 0 Å². The molecule has 1 aliphatic heterocycles. The number of aromatic nitrogens is 3. The van der Waals surface area contributed by atoms with E-state index < -0.39 is 0 Å². The third-order valence-corrected chi connectivity index (χ3v) is 4.26. The van der Waals surface area contributed by atoms with Gasteiger partial charge >= 0.3 is 6.03 Å². The van der Waals surface area contributed by atoms with Gasteiger partial charge in [0.1, 0.15) is 0 Å². The summed E-state index contributed by atoms with van der Waals surface area (Å²) in [7, 11) is 0. The van der Waals surface area contributed by atoms with Crippen molar-refractivity contribution in [3.8, 4) is 5.69 Å². The lowest BCUT2D eigenvalue weighted by atomic mass is 9.93. The summed E-state index contributed by atoms with van der Waals surface area (Å²) in [5.41, 5.74) is 1.63. The SMILES string of the molecule is CC(C)[C@H]1OCC[C@H]1CNC(=O)Nc1ccc(-n2ccnn2)cc1. The summed E-state index contributed by atoms with van der Waals surface area (Å²) < 4.78 is 7.40. The Labute approximate surface area is 141 Å². The average molecular weight is 329 g/mol. The molecule has 128 valence electrons. The number of hydrogen-bond acceptors (Lipinski definition) is 4. The minimum absolute atomic E-state index is 0.196. The minimum atomic E-state index is -0.196. The number of urea groups is 1. The van der Waals surface area contributed by atoms with Crippen molar-refractivity contribution >= 4 is 11.7 Å². The maximum Gasteiger partial charge on any atom is 0.319 e. The zero-order valence-corrected chi connectivity index (χ0v) is 14.0. The van der Waals surface area contributed by atoms with E-state index in [1.54, 1.807) is 17.1 Å². The quantitative estimate of drug-likeness (QED) is 0.883. The van der Waals surface area contributed by atoms with Gasteiger partial charge in [-0.1, -0.05) is 19.1 Å². The molecule has 1 fully saturated rings. The summed E-state index contributed by atoms with van der Waals surface area (Å²) in [5, 5.41) is 13.5. The van der Waals surface area contributed by atoms with Crippen LogP contribution in [0, 0.1) is 11.8 Å². The number of benzene rings is 1. The molecular weight excluding hydrogens is 306 g/mol. The van der Waals surface area contributed by atoms with E-state index in [9.17, 15) is 4.79 Å². The van der Waals surface area contributed by atoms with Crippen LogP contribution in [0.4, 0.5) is 10.5 Å². The zero-order chi connectivity index (χ0) is 16.9. The van der Waals surface area contributed by atoms with Crippen LogP contribution < -0.4 is 10.6 Å². The van der Waals surface area contributed by atoms with E-state index in [2.05, 4.69) is 34.8 Å². The number of anilines is 1. The standard InChI is InChI=1S/C17H23N5O2/c1-12(2)16-13(7-10-24-16)11-18-17(23)20-14-3-5-15(6-4-14)22-9-8-19-21-22/h3-6,8-9,12-13,16H,7,10-11H2,1-2H3,(H2,18,20,23)/t13-,16+/m0/s1. The van der Waals surface area contributed by atoms with Crippen molar-refractivity contribution < 1.29 is 9.53 Å². The van der Waals surface area contributed by atoms with E-state index in [4.69, 9.17) is 4.74 Å². The van der Waals surface area contributed by atoms with Gasteiger partial charge in [-0.25, -0.2) is 9.48 Å². The number of carbonyl (C=O) groups excluding carboxylic acids is 1. The number of ether oxygens (including phenoxy) is 1. The second-order valence-corrected chi connectivity index (χ2v) is 6.36. The summed E-state index contributed by atoms with van der Waals surface area (Å²) in [6, 6.07) is 7.24. The summed E-state index contributed by atoms with van der Waals surface area (Å²) in [6.45, 7) is 5.71. The van der Waals surface area contributed by atoms with Gasteiger partial charge in [0.2, 0.25) is 0 Å². The molecule has 2 N–H and O–H groups in total. The number of rotatable bonds is 5. The second kappa shape index (κ2) is 7.44. The zero-order valence-electron chi connectivity index (χ0n) is 14.0. The molecule has 1 aromatic carbocycles. The van der Waals surface area contributed by atoms with Crippen LogP contribution in [0.3, 0.4) is 0 Å². The lowest BCUT2D eigenvalue weighted by Crippen LogP contribution is -2.37. The van der Waals surface area contributed by atoms with Gasteiger partial charge in [-0.3, -0.25) is 0 Å². The highest BCUT2D eigenvalue weighted by Crippen LogP contribution is 2.26. The number of amides is 2. The molecule has 2 aromatic rings. The number of nitrogens with zero attached hydrogens (tertiary/aromatic N) is 3. The van der Waals surface area contributed by atoms with Crippen LogP contribution in [0.1, 0.15) is 20.3 Å². The van der Waals surface area contributed by atoms with Crippen molar-refractivity contribution in [2.45, 2.75) is 26.4 Å². The molecule has 0 saturated carbocycles. The molecule has 1 aromatic heterocycles. The van der Waals surface area contributed by atoms with E-state index >= 15 is 0 Å². The average Bonchev–Trinajstić information content (AvgIpc) is 3.25. The number of nitrogens with one attached hydrogen (secondary N) is 2. The summed E-state index contributed by atoms with van der Waals surface area (Å²) >= 11 is 0. The molecule has 1 saturated heterocycles. The fraction of sp³-hybridized carbons (Fsp3) is 0.471. The Bertz CT molecular complexity index is 654. The second-order valence-electron chi connectivity index (χ2n) is 6.36. The summed E-state index contributed by atoms with van der Waals surface area (Å²) in [5.74, 6) is 0.845. The molecule has 0 bridgehead atoms. The molecule has 2 atom stereocenters. The molecule has 0 aliphatic carbocycles. The van der Waals surface area contributed by atoms with E-state index in [0.29, 0.717) is 18.4 Å².